The number of aryl methyl sites for hydroxylation is 1. The van der Waals surface area contributed by atoms with Crippen molar-refractivity contribution in [3.05, 3.63) is 47.2 Å². The number of nitrogens with zero attached hydrogens (tertiary/aromatic N) is 4. The standard InChI is InChI=1S/C20H23N5O2S2/c21-17(26)8-9-18-23-24-20(25(18)11-16-7-4-10-27-16)29-13-15-12-28-19(22-15)14-5-2-1-3-6-14/h1-3,5-6,12,16H,4,7-11,13H2,(H2,21,26). The molecule has 1 saturated heterocycles. The van der Waals surface area contributed by atoms with Gasteiger partial charge in [0.15, 0.2) is 5.16 Å². The molecule has 3 heterocycles. The second-order valence-corrected chi connectivity index (χ2v) is 8.71. The first-order valence-electron chi connectivity index (χ1n) is 9.63. The van der Waals surface area contributed by atoms with E-state index >= 15 is 0 Å². The van der Waals surface area contributed by atoms with E-state index in [0.717, 1.165) is 46.7 Å². The van der Waals surface area contributed by atoms with Gasteiger partial charge in [0.1, 0.15) is 10.8 Å². The molecule has 9 heteroatoms. The molecule has 7 nitrogen and oxygen atoms in total. The normalized spacial score (nSPS) is 16.3. The average Bonchev–Trinajstić information content (AvgIpc) is 3.48. The van der Waals surface area contributed by atoms with Crippen LogP contribution in [-0.2, 0) is 28.2 Å². The molecule has 0 bridgehead atoms. The Balaban J connectivity index is 1.46. The zero-order valence-electron chi connectivity index (χ0n) is 16.0. The molecule has 1 aliphatic rings. The van der Waals surface area contributed by atoms with E-state index in [9.17, 15) is 4.79 Å². The van der Waals surface area contributed by atoms with E-state index in [1.807, 2.05) is 18.2 Å². The Morgan fingerprint density at radius 2 is 2.17 bits per heavy atom. The van der Waals surface area contributed by atoms with E-state index in [-0.39, 0.29) is 18.4 Å². The predicted molar refractivity (Wildman–Crippen MR) is 114 cm³/mol. The summed E-state index contributed by atoms with van der Waals surface area (Å²) in [5.41, 5.74) is 7.46. The molecule has 1 aliphatic heterocycles. The minimum Gasteiger partial charge on any atom is -0.376 e. The molecule has 2 aromatic heterocycles. The molecule has 1 aromatic carbocycles. The Bertz CT molecular complexity index is 951. The molecule has 0 saturated carbocycles. The van der Waals surface area contributed by atoms with Gasteiger partial charge in [-0.1, -0.05) is 42.1 Å². The molecule has 2 N–H and O–H groups in total. The number of aromatic nitrogens is 4. The number of amides is 1. The van der Waals surface area contributed by atoms with Gasteiger partial charge in [0, 0.05) is 36.1 Å². The van der Waals surface area contributed by atoms with Crippen molar-refractivity contribution >= 4 is 29.0 Å². The summed E-state index contributed by atoms with van der Waals surface area (Å²) in [4.78, 5) is 15.9. The van der Waals surface area contributed by atoms with Crippen LogP contribution in [0.15, 0.2) is 40.9 Å². The maximum absolute atomic E-state index is 11.2. The molecule has 1 unspecified atom stereocenters. The Morgan fingerprint density at radius 3 is 2.93 bits per heavy atom. The van der Waals surface area contributed by atoms with Gasteiger partial charge in [0.05, 0.1) is 18.3 Å². The minimum atomic E-state index is -0.332. The molecule has 3 aromatic rings. The largest absolute Gasteiger partial charge is 0.376 e. The fourth-order valence-corrected chi connectivity index (χ4v) is 5.04. The second kappa shape index (κ2) is 9.51. The van der Waals surface area contributed by atoms with Gasteiger partial charge in [-0.05, 0) is 12.8 Å². The van der Waals surface area contributed by atoms with Crippen LogP contribution in [0.25, 0.3) is 10.6 Å². The van der Waals surface area contributed by atoms with Crippen molar-refractivity contribution < 1.29 is 9.53 Å². The predicted octanol–water partition coefficient (Wildman–Crippen LogP) is 3.29. The van der Waals surface area contributed by atoms with Gasteiger partial charge in [-0.3, -0.25) is 4.79 Å². The minimum absolute atomic E-state index is 0.168. The highest BCUT2D eigenvalue weighted by Crippen LogP contribution is 2.28. The number of carbonyl (C=O) groups excluding carboxylic acids is 1. The molecule has 4 rings (SSSR count). The smallest absolute Gasteiger partial charge is 0.217 e. The van der Waals surface area contributed by atoms with Gasteiger partial charge in [0.2, 0.25) is 5.91 Å². The summed E-state index contributed by atoms with van der Waals surface area (Å²) in [6, 6.07) is 10.2. The van der Waals surface area contributed by atoms with Crippen molar-refractivity contribution in [3.63, 3.8) is 0 Å². The Hall–Kier alpha value is -2.23. The van der Waals surface area contributed by atoms with Crippen LogP contribution < -0.4 is 5.73 Å². The van der Waals surface area contributed by atoms with Gasteiger partial charge in [-0.25, -0.2) is 4.98 Å². The average molecular weight is 430 g/mol. The SMILES string of the molecule is NC(=O)CCc1nnc(SCc2csc(-c3ccccc3)n2)n1CC1CCCO1. The van der Waals surface area contributed by atoms with E-state index in [1.165, 1.54) is 0 Å². The summed E-state index contributed by atoms with van der Waals surface area (Å²) in [5, 5.41) is 12.6. The van der Waals surface area contributed by atoms with Crippen LogP contribution in [0.4, 0.5) is 0 Å². The first-order chi connectivity index (χ1) is 14.2. The zero-order chi connectivity index (χ0) is 20.1. The molecule has 1 amide bonds. The fourth-order valence-electron chi connectivity index (χ4n) is 3.25. The molecule has 0 aliphatic carbocycles. The quantitative estimate of drug-likeness (QED) is 0.524. The summed E-state index contributed by atoms with van der Waals surface area (Å²) in [6.07, 6.45) is 3.03. The molecule has 1 atom stereocenters. The van der Waals surface area contributed by atoms with E-state index in [0.29, 0.717) is 18.7 Å². The highest BCUT2D eigenvalue weighted by Gasteiger charge is 2.21. The van der Waals surface area contributed by atoms with Crippen LogP contribution in [0, 0.1) is 0 Å². The number of ether oxygens (including phenoxy) is 1. The third kappa shape index (κ3) is 5.23. The lowest BCUT2D eigenvalue weighted by Crippen LogP contribution is -2.19. The number of primary amides is 1. The number of thioether (sulfide) groups is 1. The molecule has 0 spiro atoms. The Labute approximate surface area is 177 Å². The van der Waals surface area contributed by atoms with Crippen molar-refractivity contribution in [2.24, 2.45) is 5.73 Å². The summed E-state index contributed by atoms with van der Waals surface area (Å²) in [7, 11) is 0. The van der Waals surface area contributed by atoms with E-state index < -0.39 is 0 Å². The number of thiazole rings is 1. The topological polar surface area (TPSA) is 95.9 Å². The summed E-state index contributed by atoms with van der Waals surface area (Å²) >= 11 is 3.25. The second-order valence-electron chi connectivity index (χ2n) is 6.91. The maximum atomic E-state index is 11.2. The number of rotatable bonds is 9. The van der Waals surface area contributed by atoms with Crippen LogP contribution in [0.5, 0.6) is 0 Å². The fraction of sp³-hybridized carbons (Fsp3) is 0.400. The van der Waals surface area contributed by atoms with Crippen molar-refractivity contribution in [1.29, 1.82) is 0 Å². The molecular weight excluding hydrogens is 406 g/mol. The van der Waals surface area contributed by atoms with Crippen LogP contribution in [0.2, 0.25) is 0 Å². The van der Waals surface area contributed by atoms with E-state index in [4.69, 9.17) is 15.5 Å². The summed E-state index contributed by atoms with van der Waals surface area (Å²) in [5.74, 6) is 1.16. The number of hydrogen-bond acceptors (Lipinski definition) is 7. The first kappa shape index (κ1) is 20.1. The molecular formula is C20H23N5O2S2. The third-order valence-corrected chi connectivity index (χ3v) is 6.66. The molecule has 1 fully saturated rings. The van der Waals surface area contributed by atoms with Gasteiger partial charge in [-0.2, -0.15) is 0 Å². The highest BCUT2D eigenvalue weighted by molar-refractivity contribution is 7.98. The molecule has 29 heavy (non-hydrogen) atoms. The maximum Gasteiger partial charge on any atom is 0.217 e. The van der Waals surface area contributed by atoms with Crippen molar-refractivity contribution in [1.82, 2.24) is 19.7 Å². The molecule has 0 radical (unpaired) electrons. The van der Waals surface area contributed by atoms with Crippen molar-refractivity contribution in [2.75, 3.05) is 6.61 Å². The summed E-state index contributed by atoms with van der Waals surface area (Å²) < 4.78 is 7.87. The number of hydrogen-bond donors (Lipinski definition) is 1. The van der Waals surface area contributed by atoms with Crippen molar-refractivity contribution in [3.8, 4) is 10.6 Å². The van der Waals surface area contributed by atoms with Gasteiger partial charge < -0.3 is 15.0 Å². The van der Waals surface area contributed by atoms with E-state index in [2.05, 4.69) is 32.3 Å². The summed E-state index contributed by atoms with van der Waals surface area (Å²) in [6.45, 7) is 1.50. The van der Waals surface area contributed by atoms with Gasteiger partial charge >= 0.3 is 0 Å². The van der Waals surface area contributed by atoms with E-state index in [1.54, 1.807) is 23.1 Å². The van der Waals surface area contributed by atoms with Crippen LogP contribution >= 0.6 is 23.1 Å². The third-order valence-electron chi connectivity index (χ3n) is 4.72. The van der Waals surface area contributed by atoms with Gasteiger partial charge in [-0.15, -0.1) is 21.5 Å². The lowest BCUT2D eigenvalue weighted by Gasteiger charge is -2.14. The number of benzene rings is 1. The van der Waals surface area contributed by atoms with Crippen LogP contribution in [0.1, 0.15) is 30.8 Å². The first-order valence-corrected chi connectivity index (χ1v) is 11.5. The lowest BCUT2D eigenvalue weighted by molar-refractivity contribution is -0.118. The zero-order valence-corrected chi connectivity index (χ0v) is 17.6. The van der Waals surface area contributed by atoms with Crippen LogP contribution in [-0.4, -0.2) is 38.4 Å². The monoisotopic (exact) mass is 429 g/mol. The lowest BCUT2D eigenvalue weighted by atomic mass is 10.2. The Morgan fingerprint density at radius 1 is 1.31 bits per heavy atom. The van der Waals surface area contributed by atoms with Gasteiger partial charge in [0.25, 0.3) is 0 Å². The van der Waals surface area contributed by atoms with Crippen LogP contribution in [0.3, 0.4) is 0 Å². The number of carbonyl (C=O) groups is 1. The van der Waals surface area contributed by atoms with Crippen molar-refractivity contribution in [2.45, 2.75) is 49.2 Å². The highest BCUT2D eigenvalue weighted by atomic mass is 32.2. The number of nitrogens with two attached hydrogens (primary N) is 1. The Kier molecular flexibility index (Phi) is 6.58. The molecule has 152 valence electrons.